The van der Waals surface area contributed by atoms with E-state index in [9.17, 15) is 0 Å². The van der Waals surface area contributed by atoms with Crippen molar-refractivity contribution >= 4 is 12.4 Å². The molecule has 0 aromatic carbocycles. The summed E-state index contributed by atoms with van der Waals surface area (Å²) in [5.74, 6) is 0.716. The monoisotopic (exact) mass is 106 g/mol. The molecule has 42 valence electrons. The van der Waals surface area contributed by atoms with E-state index in [1.165, 1.54) is 5.46 Å². The Morgan fingerprint density at radius 3 is 2.62 bits per heavy atom. The van der Waals surface area contributed by atoms with Crippen LogP contribution in [0.25, 0.3) is 0 Å². The van der Waals surface area contributed by atoms with Crippen LogP contribution in [-0.4, -0.2) is 12.4 Å². The SMILES string of the molecule is CC(C)C1=BCC=C1. The summed E-state index contributed by atoms with van der Waals surface area (Å²) in [6.45, 7) is 6.73. The summed E-state index contributed by atoms with van der Waals surface area (Å²) in [5.41, 5.74) is 1.49. The molecule has 1 rings (SSSR count). The average Bonchev–Trinajstić information content (AvgIpc) is 2.12. The van der Waals surface area contributed by atoms with Gasteiger partial charge in [0.15, 0.2) is 0 Å². The Bertz CT molecular complexity index is 131. The summed E-state index contributed by atoms with van der Waals surface area (Å²) in [7, 11) is 0. The summed E-state index contributed by atoms with van der Waals surface area (Å²) < 4.78 is 0. The third-order valence-corrected chi connectivity index (χ3v) is 1.47. The Labute approximate surface area is 51.5 Å². The van der Waals surface area contributed by atoms with Crippen LogP contribution in [0, 0.1) is 5.92 Å². The van der Waals surface area contributed by atoms with E-state index in [1.54, 1.807) is 0 Å². The first-order chi connectivity index (χ1) is 3.80. The van der Waals surface area contributed by atoms with Gasteiger partial charge in [0.2, 0.25) is 0 Å². The molecule has 0 bridgehead atoms. The molecule has 0 amide bonds. The van der Waals surface area contributed by atoms with E-state index < -0.39 is 0 Å². The molecule has 0 N–H and O–H groups in total. The Balaban J connectivity index is 2.58. The molecule has 0 saturated carbocycles. The molecular formula is C7H11B. The van der Waals surface area contributed by atoms with Crippen LogP contribution in [0.4, 0.5) is 0 Å². The van der Waals surface area contributed by atoms with Gasteiger partial charge in [-0.1, -0.05) is 0 Å². The van der Waals surface area contributed by atoms with E-state index >= 15 is 0 Å². The summed E-state index contributed by atoms with van der Waals surface area (Å²) in [6, 6.07) is 0. The van der Waals surface area contributed by atoms with Crippen LogP contribution in [0.3, 0.4) is 0 Å². The van der Waals surface area contributed by atoms with Gasteiger partial charge in [0, 0.05) is 0 Å². The molecule has 0 saturated heterocycles. The van der Waals surface area contributed by atoms with Gasteiger partial charge in [-0.05, 0) is 0 Å². The van der Waals surface area contributed by atoms with Crippen LogP contribution in [-0.2, 0) is 0 Å². The minimum absolute atomic E-state index is 0.716. The standard InChI is InChI=1S/C7H11B/c1-6(2)7-4-3-5-8-7/h3-4,6H,5H2,1-2H3. The van der Waals surface area contributed by atoms with Crippen molar-refractivity contribution in [3.05, 3.63) is 12.2 Å². The van der Waals surface area contributed by atoms with Crippen LogP contribution < -0.4 is 0 Å². The van der Waals surface area contributed by atoms with E-state index in [4.69, 9.17) is 0 Å². The molecular weight excluding hydrogens is 94.9 g/mol. The third kappa shape index (κ3) is 1.09. The van der Waals surface area contributed by atoms with Crippen molar-refractivity contribution in [3.8, 4) is 0 Å². The Morgan fingerprint density at radius 1 is 1.62 bits per heavy atom. The Hall–Kier alpha value is -0.325. The van der Waals surface area contributed by atoms with Crippen LogP contribution in [0.1, 0.15) is 13.8 Å². The van der Waals surface area contributed by atoms with Crippen molar-refractivity contribution in [1.29, 1.82) is 0 Å². The first kappa shape index (κ1) is 5.81. The second kappa shape index (κ2) is 2.30. The van der Waals surface area contributed by atoms with Crippen LogP contribution >= 0.6 is 0 Å². The normalized spacial score (nSPS) is 16.6. The van der Waals surface area contributed by atoms with E-state index in [0.29, 0.717) is 5.92 Å². The molecule has 0 unspecified atom stereocenters. The third-order valence-electron chi connectivity index (χ3n) is 1.47. The molecule has 0 aromatic heterocycles. The summed E-state index contributed by atoms with van der Waals surface area (Å²) in [4.78, 5) is 0. The predicted molar refractivity (Wildman–Crippen MR) is 39.5 cm³/mol. The maximum absolute atomic E-state index is 2.28. The molecule has 0 radical (unpaired) electrons. The van der Waals surface area contributed by atoms with E-state index in [-0.39, 0.29) is 0 Å². The Kier molecular flexibility index (Phi) is 1.67. The van der Waals surface area contributed by atoms with E-state index in [0.717, 1.165) is 6.32 Å². The molecule has 0 aromatic rings. The second-order valence-electron chi connectivity index (χ2n) is 2.50. The quantitative estimate of drug-likeness (QED) is 0.444. The van der Waals surface area contributed by atoms with Gasteiger partial charge in [0.05, 0.1) is 0 Å². The topological polar surface area (TPSA) is 0 Å². The van der Waals surface area contributed by atoms with E-state index in [1.807, 2.05) is 0 Å². The van der Waals surface area contributed by atoms with Crippen LogP contribution in [0.15, 0.2) is 12.2 Å². The average molecular weight is 106 g/mol. The van der Waals surface area contributed by atoms with Gasteiger partial charge in [-0.3, -0.25) is 0 Å². The Morgan fingerprint density at radius 2 is 2.38 bits per heavy atom. The summed E-state index contributed by atoms with van der Waals surface area (Å²) in [6.07, 6.45) is 5.56. The van der Waals surface area contributed by atoms with E-state index in [2.05, 4.69) is 32.9 Å². The maximum atomic E-state index is 2.28. The number of allylic oxidation sites excluding steroid dienone is 2. The number of hydrogen-bond donors (Lipinski definition) is 0. The fourth-order valence-corrected chi connectivity index (χ4v) is 0.904. The van der Waals surface area contributed by atoms with Crippen molar-refractivity contribution < 1.29 is 0 Å². The van der Waals surface area contributed by atoms with Gasteiger partial charge in [-0.2, -0.15) is 0 Å². The number of rotatable bonds is 1. The fourth-order valence-electron chi connectivity index (χ4n) is 0.904. The van der Waals surface area contributed by atoms with Gasteiger partial charge < -0.3 is 0 Å². The zero-order chi connectivity index (χ0) is 5.98. The fraction of sp³-hybridized carbons (Fsp3) is 0.571. The molecule has 1 heteroatoms. The van der Waals surface area contributed by atoms with Crippen LogP contribution in [0.5, 0.6) is 0 Å². The zero-order valence-electron chi connectivity index (χ0n) is 5.52. The van der Waals surface area contributed by atoms with Gasteiger partial charge in [0.1, 0.15) is 0 Å². The molecule has 8 heavy (non-hydrogen) atoms. The van der Waals surface area contributed by atoms with Crippen molar-refractivity contribution in [3.63, 3.8) is 0 Å². The number of hydrogen-bond acceptors (Lipinski definition) is 0. The molecule has 1 heterocycles. The van der Waals surface area contributed by atoms with Gasteiger partial charge >= 0.3 is 50.6 Å². The first-order valence-electron chi connectivity index (χ1n) is 3.17. The molecule has 0 fully saturated rings. The molecule has 0 nitrogen and oxygen atoms in total. The predicted octanol–water partition coefficient (Wildman–Crippen LogP) is 1.51. The minimum atomic E-state index is 0.716. The van der Waals surface area contributed by atoms with Gasteiger partial charge in [0.25, 0.3) is 0 Å². The van der Waals surface area contributed by atoms with Crippen molar-refractivity contribution in [1.82, 2.24) is 0 Å². The zero-order valence-corrected chi connectivity index (χ0v) is 5.52. The van der Waals surface area contributed by atoms with Gasteiger partial charge in [-0.15, -0.1) is 0 Å². The molecule has 0 aliphatic carbocycles. The van der Waals surface area contributed by atoms with Gasteiger partial charge in [-0.25, -0.2) is 0 Å². The van der Waals surface area contributed by atoms with Crippen molar-refractivity contribution in [2.75, 3.05) is 0 Å². The summed E-state index contributed by atoms with van der Waals surface area (Å²) in [5, 5.41) is 0. The first-order valence-corrected chi connectivity index (χ1v) is 3.17. The van der Waals surface area contributed by atoms with Crippen molar-refractivity contribution in [2.24, 2.45) is 5.92 Å². The molecule has 1 aliphatic heterocycles. The van der Waals surface area contributed by atoms with Crippen molar-refractivity contribution in [2.45, 2.75) is 20.2 Å². The summed E-state index contributed by atoms with van der Waals surface area (Å²) >= 11 is 0. The molecule has 1 aliphatic rings. The van der Waals surface area contributed by atoms with Crippen LogP contribution in [0.2, 0.25) is 6.32 Å². The second-order valence-corrected chi connectivity index (χ2v) is 2.50. The molecule has 0 atom stereocenters. The molecule has 0 spiro atoms.